The van der Waals surface area contributed by atoms with E-state index < -0.39 is 23.7 Å². The lowest BCUT2D eigenvalue weighted by atomic mass is 10.2. The van der Waals surface area contributed by atoms with E-state index in [0.29, 0.717) is 18.8 Å². The van der Waals surface area contributed by atoms with Gasteiger partial charge in [-0.25, -0.2) is 9.59 Å². The van der Waals surface area contributed by atoms with Gasteiger partial charge in [-0.15, -0.1) is 0 Å². The van der Waals surface area contributed by atoms with Crippen LogP contribution >= 0.6 is 0 Å². The number of hydrogen-bond acceptors (Lipinski definition) is 6. The molecule has 0 bridgehead atoms. The highest BCUT2D eigenvalue weighted by Crippen LogP contribution is 2.32. The summed E-state index contributed by atoms with van der Waals surface area (Å²) in [6.45, 7) is 7.69. The molecule has 0 fully saturated rings. The van der Waals surface area contributed by atoms with Crippen molar-refractivity contribution >= 4 is 11.9 Å². The quantitative estimate of drug-likeness (QED) is 0.118. The average molecular weight is 509 g/mol. The van der Waals surface area contributed by atoms with Gasteiger partial charge in [-0.2, -0.15) is 13.2 Å². The molecule has 0 atom stereocenters. The summed E-state index contributed by atoms with van der Waals surface area (Å²) in [6, 6.07) is 10.3. The third-order valence-electron chi connectivity index (χ3n) is 5.03. The first-order valence-corrected chi connectivity index (χ1v) is 11.9. The number of esters is 2. The number of carbonyl (C=O) groups excluding carboxylic acids is 2. The van der Waals surface area contributed by atoms with Gasteiger partial charge in [0.25, 0.3) is 0 Å². The molecule has 0 saturated carbocycles. The maximum atomic E-state index is 12.9. The van der Waals surface area contributed by atoms with Crippen LogP contribution in [0, 0.1) is 0 Å². The van der Waals surface area contributed by atoms with Gasteiger partial charge in [0.15, 0.2) is 11.5 Å². The molecule has 0 spiro atoms. The van der Waals surface area contributed by atoms with Gasteiger partial charge in [0.05, 0.1) is 18.8 Å². The molecule has 0 saturated heterocycles. The molecule has 36 heavy (non-hydrogen) atoms. The van der Waals surface area contributed by atoms with Crippen LogP contribution in [0.2, 0.25) is 0 Å². The van der Waals surface area contributed by atoms with E-state index in [0.717, 1.165) is 38.2 Å². The monoisotopic (exact) mass is 508 g/mol. The first-order valence-electron chi connectivity index (χ1n) is 11.9. The predicted octanol–water partition coefficient (Wildman–Crippen LogP) is 7.07. The summed E-state index contributed by atoms with van der Waals surface area (Å²) in [6.07, 6.45) is 0.653. The maximum absolute atomic E-state index is 12.9. The Morgan fingerprint density at radius 2 is 1.36 bits per heavy atom. The van der Waals surface area contributed by atoms with Crippen molar-refractivity contribution in [3.8, 4) is 23.0 Å². The smallest absolute Gasteiger partial charge is 0.422 e. The minimum Gasteiger partial charge on any atom is -0.494 e. The topological polar surface area (TPSA) is 71.1 Å². The Morgan fingerprint density at radius 1 is 0.778 bits per heavy atom. The molecule has 0 aliphatic rings. The predicted molar refractivity (Wildman–Crippen MR) is 129 cm³/mol. The highest BCUT2D eigenvalue weighted by Gasteiger charge is 2.38. The van der Waals surface area contributed by atoms with Crippen molar-refractivity contribution in [2.45, 2.75) is 58.5 Å². The van der Waals surface area contributed by atoms with Gasteiger partial charge in [-0.1, -0.05) is 46.1 Å². The second kappa shape index (κ2) is 14.2. The highest BCUT2D eigenvalue weighted by atomic mass is 19.4. The molecule has 196 valence electrons. The number of hydrogen-bond donors (Lipinski definition) is 0. The summed E-state index contributed by atoms with van der Waals surface area (Å²) in [7, 11) is 0. The maximum Gasteiger partial charge on any atom is 0.422 e. The Morgan fingerprint density at radius 3 is 1.94 bits per heavy atom. The van der Waals surface area contributed by atoms with E-state index in [1.54, 1.807) is 24.3 Å². The van der Waals surface area contributed by atoms with E-state index in [9.17, 15) is 22.8 Å². The number of unbranched alkanes of at least 4 members (excludes halogenated alkanes) is 4. The van der Waals surface area contributed by atoms with Gasteiger partial charge < -0.3 is 18.9 Å². The molecule has 0 heterocycles. The Labute approximate surface area is 209 Å². The second-order valence-corrected chi connectivity index (χ2v) is 8.00. The van der Waals surface area contributed by atoms with Gasteiger partial charge in [-0.3, -0.25) is 0 Å². The third kappa shape index (κ3) is 9.28. The lowest BCUT2D eigenvalue weighted by Crippen LogP contribution is -2.23. The first-order chi connectivity index (χ1) is 17.2. The van der Waals surface area contributed by atoms with Crippen LogP contribution in [0.4, 0.5) is 13.2 Å². The van der Waals surface area contributed by atoms with Gasteiger partial charge in [0.2, 0.25) is 0 Å². The standard InChI is InChI=1S/C27H31F3O6/c1-4-6-8-16-33-21-11-13-22(14-12-21)35-26(32)20-10-15-23(34-17-9-7-5-2)24(18-20)36-25(31)19(3)27(28,29)30/h10-15,18H,3-9,16-17H2,1-2H3. The molecule has 9 heteroatoms. The average Bonchev–Trinajstić information content (AvgIpc) is 2.85. The summed E-state index contributed by atoms with van der Waals surface area (Å²) < 4.78 is 60.0. The van der Waals surface area contributed by atoms with E-state index in [1.165, 1.54) is 12.1 Å². The van der Waals surface area contributed by atoms with Crippen LogP contribution in [-0.2, 0) is 4.79 Å². The first kappa shape index (κ1) is 28.7. The van der Waals surface area contributed by atoms with Crippen molar-refractivity contribution in [2.75, 3.05) is 13.2 Å². The number of halogens is 3. The molecule has 0 amide bonds. The van der Waals surface area contributed by atoms with Crippen LogP contribution in [-0.4, -0.2) is 31.3 Å². The van der Waals surface area contributed by atoms with Crippen LogP contribution in [0.15, 0.2) is 54.6 Å². The van der Waals surface area contributed by atoms with Gasteiger partial charge in [0.1, 0.15) is 17.1 Å². The fourth-order valence-corrected chi connectivity index (χ4v) is 2.96. The molecule has 2 aromatic carbocycles. The summed E-state index contributed by atoms with van der Waals surface area (Å²) in [4.78, 5) is 24.6. The Hall–Kier alpha value is -3.49. The van der Waals surface area contributed by atoms with E-state index in [1.807, 2.05) is 6.92 Å². The van der Waals surface area contributed by atoms with E-state index in [-0.39, 0.29) is 29.4 Å². The minimum atomic E-state index is -4.96. The molecule has 6 nitrogen and oxygen atoms in total. The third-order valence-corrected chi connectivity index (χ3v) is 5.03. The molecule has 0 radical (unpaired) electrons. The van der Waals surface area contributed by atoms with Gasteiger partial charge >= 0.3 is 18.1 Å². The molecule has 2 rings (SSSR count). The molecular weight excluding hydrogens is 477 g/mol. The van der Waals surface area contributed by atoms with E-state index in [4.69, 9.17) is 18.9 Å². The second-order valence-electron chi connectivity index (χ2n) is 8.00. The van der Waals surface area contributed by atoms with Crippen molar-refractivity contribution in [1.29, 1.82) is 0 Å². The van der Waals surface area contributed by atoms with Crippen molar-refractivity contribution in [2.24, 2.45) is 0 Å². The highest BCUT2D eigenvalue weighted by molar-refractivity contribution is 5.94. The van der Waals surface area contributed by atoms with Crippen LogP contribution in [0.25, 0.3) is 0 Å². The molecule has 0 aromatic heterocycles. The van der Waals surface area contributed by atoms with Crippen LogP contribution in [0.5, 0.6) is 23.0 Å². The molecule has 0 unspecified atom stereocenters. The molecule has 2 aromatic rings. The van der Waals surface area contributed by atoms with Crippen LogP contribution in [0.3, 0.4) is 0 Å². The Kier molecular flexibility index (Phi) is 11.3. The lowest BCUT2D eigenvalue weighted by Gasteiger charge is -2.14. The van der Waals surface area contributed by atoms with Gasteiger partial charge in [-0.05, 0) is 55.3 Å². The van der Waals surface area contributed by atoms with E-state index in [2.05, 4.69) is 13.5 Å². The fraction of sp³-hybridized carbons (Fsp3) is 0.407. The van der Waals surface area contributed by atoms with Crippen LogP contribution in [0.1, 0.15) is 62.7 Å². The summed E-state index contributed by atoms with van der Waals surface area (Å²) >= 11 is 0. The number of ether oxygens (including phenoxy) is 4. The van der Waals surface area contributed by atoms with Crippen molar-refractivity contribution < 1.29 is 41.7 Å². The zero-order chi connectivity index (χ0) is 26.6. The van der Waals surface area contributed by atoms with Crippen molar-refractivity contribution in [1.82, 2.24) is 0 Å². The van der Waals surface area contributed by atoms with E-state index >= 15 is 0 Å². The lowest BCUT2D eigenvalue weighted by molar-refractivity contribution is -0.142. The Bertz CT molecular complexity index is 1020. The molecule has 0 aliphatic carbocycles. The van der Waals surface area contributed by atoms with Gasteiger partial charge in [0, 0.05) is 0 Å². The molecule has 0 N–H and O–H groups in total. The Balaban J connectivity index is 2.13. The number of carbonyl (C=O) groups is 2. The van der Waals surface area contributed by atoms with Crippen molar-refractivity contribution in [3.05, 3.63) is 60.2 Å². The van der Waals surface area contributed by atoms with Crippen LogP contribution < -0.4 is 18.9 Å². The normalized spacial score (nSPS) is 11.0. The molecular formula is C27H31F3O6. The summed E-state index contributed by atoms with van der Waals surface area (Å²) in [5, 5.41) is 0. The largest absolute Gasteiger partial charge is 0.494 e. The SMILES string of the molecule is C=C(C(=O)Oc1cc(C(=O)Oc2ccc(OCCCCC)cc2)ccc1OCCCCC)C(F)(F)F. The number of rotatable bonds is 14. The summed E-state index contributed by atoms with van der Waals surface area (Å²) in [5.74, 6) is -1.93. The zero-order valence-corrected chi connectivity index (χ0v) is 20.5. The molecule has 0 aliphatic heterocycles. The number of alkyl halides is 3. The number of benzene rings is 2. The summed E-state index contributed by atoms with van der Waals surface area (Å²) in [5.41, 5.74) is -1.72. The fourth-order valence-electron chi connectivity index (χ4n) is 2.96. The minimum absolute atomic E-state index is 0.0237. The van der Waals surface area contributed by atoms with Crippen molar-refractivity contribution in [3.63, 3.8) is 0 Å². The zero-order valence-electron chi connectivity index (χ0n) is 20.5.